The van der Waals surface area contributed by atoms with Crippen molar-refractivity contribution >= 4 is 17.7 Å². The highest BCUT2D eigenvalue weighted by Crippen LogP contribution is 2.25. The van der Waals surface area contributed by atoms with Gasteiger partial charge in [-0.1, -0.05) is 25.6 Å². The van der Waals surface area contributed by atoms with Gasteiger partial charge in [-0.25, -0.2) is 0 Å². The summed E-state index contributed by atoms with van der Waals surface area (Å²) in [5.74, 6) is 1.96. The van der Waals surface area contributed by atoms with Crippen molar-refractivity contribution < 1.29 is 9.21 Å². The molecule has 0 saturated carbocycles. The van der Waals surface area contributed by atoms with Crippen molar-refractivity contribution in [1.29, 1.82) is 5.26 Å². The number of nitrogens with zero attached hydrogens (tertiary/aromatic N) is 5. The minimum Gasteiger partial charge on any atom is -0.461 e. The van der Waals surface area contributed by atoms with Gasteiger partial charge in [-0.2, -0.15) is 5.26 Å². The van der Waals surface area contributed by atoms with E-state index in [1.807, 2.05) is 22.8 Å². The number of hydrogen-bond donors (Lipinski definition) is 0. The standard InChI is InChI=1S/C16H21N5O2S/c1-12(2)10-21-15(13-6-4-9-23-13)18-19-16(21)24-11-14(22)20(3)8-5-7-17/h4,6,9,12H,5,8,10-11H2,1-3H3. The van der Waals surface area contributed by atoms with Crippen LogP contribution in [-0.4, -0.2) is 44.9 Å². The Hall–Kier alpha value is -2.27. The van der Waals surface area contributed by atoms with E-state index in [1.165, 1.54) is 11.8 Å². The predicted octanol–water partition coefficient (Wildman–Crippen LogP) is 2.66. The molecule has 0 fully saturated rings. The molecule has 7 nitrogen and oxygen atoms in total. The topological polar surface area (TPSA) is 88.0 Å². The van der Waals surface area contributed by atoms with Crippen LogP contribution in [0, 0.1) is 17.2 Å². The van der Waals surface area contributed by atoms with Gasteiger partial charge in [0.25, 0.3) is 0 Å². The highest BCUT2D eigenvalue weighted by atomic mass is 32.2. The van der Waals surface area contributed by atoms with Gasteiger partial charge in [-0.05, 0) is 18.1 Å². The number of nitriles is 1. The zero-order valence-corrected chi connectivity index (χ0v) is 14.9. The maximum atomic E-state index is 12.1. The van der Waals surface area contributed by atoms with Crippen molar-refractivity contribution in [2.75, 3.05) is 19.3 Å². The van der Waals surface area contributed by atoms with Crippen LogP contribution < -0.4 is 0 Å². The summed E-state index contributed by atoms with van der Waals surface area (Å²) in [5.41, 5.74) is 0. The first-order valence-corrected chi connectivity index (χ1v) is 8.72. The third-order valence-electron chi connectivity index (χ3n) is 3.32. The normalized spacial score (nSPS) is 10.8. The van der Waals surface area contributed by atoms with Crippen molar-refractivity contribution in [3.63, 3.8) is 0 Å². The number of aromatic nitrogens is 3. The monoisotopic (exact) mass is 347 g/mol. The number of carbonyl (C=O) groups excluding carboxylic acids is 1. The van der Waals surface area contributed by atoms with Gasteiger partial charge in [-0.15, -0.1) is 10.2 Å². The molecule has 0 unspecified atom stereocenters. The lowest BCUT2D eigenvalue weighted by molar-refractivity contribution is -0.127. The number of carbonyl (C=O) groups is 1. The molecular weight excluding hydrogens is 326 g/mol. The van der Waals surface area contributed by atoms with Crippen LogP contribution in [0.4, 0.5) is 0 Å². The van der Waals surface area contributed by atoms with E-state index < -0.39 is 0 Å². The summed E-state index contributed by atoms with van der Waals surface area (Å²) in [6.07, 6.45) is 1.93. The second-order valence-electron chi connectivity index (χ2n) is 5.80. The van der Waals surface area contributed by atoms with Crippen LogP contribution in [-0.2, 0) is 11.3 Å². The van der Waals surface area contributed by atoms with Crippen LogP contribution in [0.15, 0.2) is 28.0 Å². The molecule has 0 atom stereocenters. The summed E-state index contributed by atoms with van der Waals surface area (Å²) in [6, 6.07) is 5.69. The summed E-state index contributed by atoms with van der Waals surface area (Å²) in [5, 5.41) is 17.7. The Labute approximate surface area is 145 Å². The van der Waals surface area contributed by atoms with Crippen molar-refractivity contribution in [1.82, 2.24) is 19.7 Å². The molecule has 0 aliphatic rings. The first kappa shape index (κ1) is 18.1. The Morgan fingerprint density at radius 3 is 2.92 bits per heavy atom. The molecule has 0 aliphatic heterocycles. The smallest absolute Gasteiger partial charge is 0.232 e. The Bertz CT molecular complexity index is 703. The summed E-state index contributed by atoms with van der Waals surface area (Å²) in [6.45, 7) is 5.40. The Morgan fingerprint density at radius 2 is 2.29 bits per heavy atom. The number of rotatable bonds is 8. The lowest BCUT2D eigenvalue weighted by Gasteiger charge is -2.15. The molecule has 8 heteroatoms. The first-order valence-electron chi connectivity index (χ1n) is 7.73. The van der Waals surface area contributed by atoms with E-state index in [4.69, 9.17) is 9.68 Å². The Balaban J connectivity index is 2.10. The van der Waals surface area contributed by atoms with Gasteiger partial charge in [0.1, 0.15) is 0 Å². The minimum absolute atomic E-state index is 0.0334. The van der Waals surface area contributed by atoms with Crippen LogP contribution in [0.1, 0.15) is 20.3 Å². The molecule has 2 rings (SSSR count). The molecule has 24 heavy (non-hydrogen) atoms. The average Bonchev–Trinajstić information content (AvgIpc) is 3.19. The SMILES string of the molecule is CC(C)Cn1c(SCC(=O)N(C)CCC#N)nnc1-c1ccco1. The Morgan fingerprint density at radius 1 is 1.50 bits per heavy atom. The molecule has 2 heterocycles. The van der Waals surface area contributed by atoms with E-state index in [9.17, 15) is 4.79 Å². The maximum absolute atomic E-state index is 12.1. The molecule has 2 aromatic rings. The number of amides is 1. The lowest BCUT2D eigenvalue weighted by Crippen LogP contribution is -2.29. The largest absolute Gasteiger partial charge is 0.461 e. The molecule has 0 aliphatic carbocycles. The quantitative estimate of drug-likeness (QED) is 0.682. The molecule has 0 saturated heterocycles. The van der Waals surface area contributed by atoms with Crippen molar-refractivity contribution in [3.8, 4) is 17.7 Å². The highest BCUT2D eigenvalue weighted by Gasteiger charge is 2.19. The second kappa shape index (κ2) is 8.55. The van der Waals surface area contributed by atoms with E-state index in [0.29, 0.717) is 35.6 Å². The van der Waals surface area contributed by atoms with Gasteiger partial charge >= 0.3 is 0 Å². The fraction of sp³-hybridized carbons (Fsp3) is 0.500. The third kappa shape index (κ3) is 4.61. The van der Waals surface area contributed by atoms with E-state index in [2.05, 4.69) is 24.0 Å². The molecule has 0 radical (unpaired) electrons. The molecular formula is C16H21N5O2S. The summed E-state index contributed by atoms with van der Waals surface area (Å²) in [4.78, 5) is 13.7. The Kier molecular flexibility index (Phi) is 6.44. The lowest BCUT2D eigenvalue weighted by atomic mass is 10.2. The van der Waals surface area contributed by atoms with Gasteiger partial charge < -0.3 is 9.32 Å². The van der Waals surface area contributed by atoms with Crippen molar-refractivity contribution in [3.05, 3.63) is 18.4 Å². The zero-order chi connectivity index (χ0) is 17.5. The molecule has 0 N–H and O–H groups in total. The molecule has 2 aromatic heterocycles. The summed E-state index contributed by atoms with van der Waals surface area (Å²) >= 11 is 1.35. The van der Waals surface area contributed by atoms with E-state index in [-0.39, 0.29) is 11.7 Å². The first-order chi connectivity index (χ1) is 11.5. The van der Waals surface area contributed by atoms with E-state index >= 15 is 0 Å². The van der Waals surface area contributed by atoms with Gasteiger partial charge in [0.05, 0.1) is 24.5 Å². The second-order valence-corrected chi connectivity index (χ2v) is 6.74. The number of furan rings is 1. The maximum Gasteiger partial charge on any atom is 0.232 e. The van der Waals surface area contributed by atoms with Gasteiger partial charge in [0, 0.05) is 20.1 Å². The van der Waals surface area contributed by atoms with Crippen molar-refractivity contribution in [2.24, 2.45) is 5.92 Å². The van der Waals surface area contributed by atoms with Crippen LogP contribution >= 0.6 is 11.8 Å². The highest BCUT2D eigenvalue weighted by molar-refractivity contribution is 7.99. The fourth-order valence-corrected chi connectivity index (χ4v) is 2.98. The number of thioether (sulfide) groups is 1. The van der Waals surface area contributed by atoms with Crippen LogP contribution in [0.2, 0.25) is 0 Å². The van der Waals surface area contributed by atoms with E-state index in [0.717, 1.165) is 6.54 Å². The molecule has 0 spiro atoms. The van der Waals surface area contributed by atoms with Gasteiger partial charge in [-0.3, -0.25) is 9.36 Å². The van der Waals surface area contributed by atoms with Crippen molar-refractivity contribution in [2.45, 2.75) is 32.0 Å². The average molecular weight is 347 g/mol. The summed E-state index contributed by atoms with van der Waals surface area (Å²) < 4.78 is 7.41. The molecule has 0 bridgehead atoms. The van der Waals surface area contributed by atoms with Gasteiger partial charge in [0.2, 0.25) is 5.91 Å². The predicted molar refractivity (Wildman–Crippen MR) is 91.2 cm³/mol. The minimum atomic E-state index is -0.0334. The number of hydrogen-bond acceptors (Lipinski definition) is 6. The zero-order valence-electron chi connectivity index (χ0n) is 14.1. The molecule has 128 valence electrons. The van der Waals surface area contributed by atoms with Crippen LogP contribution in [0.5, 0.6) is 0 Å². The fourth-order valence-electron chi connectivity index (χ4n) is 2.09. The van der Waals surface area contributed by atoms with Gasteiger partial charge in [0.15, 0.2) is 16.7 Å². The molecule has 1 amide bonds. The molecule has 0 aromatic carbocycles. The third-order valence-corrected chi connectivity index (χ3v) is 4.27. The van der Waals surface area contributed by atoms with Crippen LogP contribution in [0.25, 0.3) is 11.6 Å². The van der Waals surface area contributed by atoms with E-state index in [1.54, 1.807) is 18.2 Å². The van der Waals surface area contributed by atoms with Crippen LogP contribution in [0.3, 0.4) is 0 Å². The summed E-state index contributed by atoms with van der Waals surface area (Å²) in [7, 11) is 1.70.